The van der Waals surface area contributed by atoms with Gasteiger partial charge in [-0.05, 0) is 18.2 Å². The van der Waals surface area contributed by atoms with E-state index in [-0.39, 0.29) is 11.6 Å². The SMILES string of the molecule is O=C(NN=Cc1ccccc1Br)c1cc2cc([N+](=O)[O-])ccc2s1. The molecule has 8 heteroatoms. The number of carbonyl (C=O) groups is 1. The smallest absolute Gasteiger partial charge is 0.266 e. The Bertz CT molecular complexity index is 968. The van der Waals surface area contributed by atoms with Crippen LogP contribution in [0.1, 0.15) is 15.2 Å². The lowest BCUT2D eigenvalue weighted by Crippen LogP contribution is -2.16. The fourth-order valence-electron chi connectivity index (χ4n) is 2.05. The van der Waals surface area contributed by atoms with Crippen LogP contribution in [0.3, 0.4) is 0 Å². The molecule has 0 unspecified atom stereocenters. The number of hydrogen-bond donors (Lipinski definition) is 1. The van der Waals surface area contributed by atoms with Crippen molar-refractivity contribution in [2.24, 2.45) is 5.10 Å². The summed E-state index contributed by atoms with van der Waals surface area (Å²) in [6.45, 7) is 0. The van der Waals surface area contributed by atoms with Crippen LogP contribution in [0.25, 0.3) is 10.1 Å². The van der Waals surface area contributed by atoms with E-state index in [1.165, 1.54) is 23.5 Å². The maximum Gasteiger partial charge on any atom is 0.281 e. The molecular formula is C16H10BrN3O3S. The quantitative estimate of drug-likeness (QED) is 0.399. The Morgan fingerprint density at radius 3 is 2.79 bits per heavy atom. The Kier molecular flexibility index (Phi) is 4.68. The highest BCUT2D eigenvalue weighted by molar-refractivity contribution is 9.10. The van der Waals surface area contributed by atoms with E-state index >= 15 is 0 Å². The molecule has 120 valence electrons. The Morgan fingerprint density at radius 1 is 1.25 bits per heavy atom. The van der Waals surface area contributed by atoms with Crippen LogP contribution in [0.2, 0.25) is 0 Å². The van der Waals surface area contributed by atoms with Crippen LogP contribution in [0.4, 0.5) is 5.69 Å². The van der Waals surface area contributed by atoms with Gasteiger partial charge >= 0.3 is 0 Å². The number of carbonyl (C=O) groups excluding carboxylic acids is 1. The molecule has 0 spiro atoms. The second-order valence-corrected chi connectivity index (χ2v) is 6.75. The average Bonchev–Trinajstić information content (AvgIpc) is 2.99. The fraction of sp³-hybridized carbons (Fsp3) is 0. The van der Waals surface area contributed by atoms with Gasteiger partial charge in [-0.2, -0.15) is 5.10 Å². The van der Waals surface area contributed by atoms with Gasteiger partial charge in [-0.25, -0.2) is 5.43 Å². The number of nitrogens with one attached hydrogen (secondary N) is 1. The van der Waals surface area contributed by atoms with E-state index in [0.717, 1.165) is 14.7 Å². The van der Waals surface area contributed by atoms with Crippen molar-refractivity contribution in [1.29, 1.82) is 0 Å². The van der Waals surface area contributed by atoms with Crippen molar-refractivity contribution >= 4 is 55.2 Å². The monoisotopic (exact) mass is 403 g/mol. The Hall–Kier alpha value is -2.58. The summed E-state index contributed by atoms with van der Waals surface area (Å²) in [5.74, 6) is -0.359. The second-order valence-electron chi connectivity index (χ2n) is 4.81. The number of nitro groups is 1. The molecule has 0 aliphatic rings. The summed E-state index contributed by atoms with van der Waals surface area (Å²) in [7, 11) is 0. The number of benzene rings is 2. The van der Waals surface area contributed by atoms with E-state index in [0.29, 0.717) is 10.3 Å². The van der Waals surface area contributed by atoms with Gasteiger partial charge in [0.1, 0.15) is 0 Å². The molecule has 6 nitrogen and oxygen atoms in total. The third-order valence-corrected chi connectivity index (χ3v) is 5.05. The lowest BCUT2D eigenvalue weighted by atomic mass is 10.2. The van der Waals surface area contributed by atoms with Crippen molar-refractivity contribution in [3.05, 3.63) is 73.6 Å². The molecule has 1 N–H and O–H groups in total. The zero-order chi connectivity index (χ0) is 17.1. The molecule has 0 atom stereocenters. The minimum Gasteiger partial charge on any atom is -0.266 e. The summed E-state index contributed by atoms with van der Waals surface area (Å²) in [6.07, 6.45) is 1.54. The predicted octanol–water partition coefficient (Wildman–Crippen LogP) is 4.34. The van der Waals surface area contributed by atoms with E-state index in [4.69, 9.17) is 0 Å². The fourth-order valence-corrected chi connectivity index (χ4v) is 3.37. The van der Waals surface area contributed by atoms with Crippen LogP contribution in [0.15, 0.2) is 58.1 Å². The van der Waals surface area contributed by atoms with Gasteiger partial charge in [-0.15, -0.1) is 11.3 Å². The Morgan fingerprint density at radius 2 is 2.04 bits per heavy atom. The highest BCUT2D eigenvalue weighted by Gasteiger charge is 2.12. The van der Waals surface area contributed by atoms with Gasteiger partial charge < -0.3 is 0 Å². The van der Waals surface area contributed by atoms with E-state index in [1.54, 1.807) is 18.3 Å². The van der Waals surface area contributed by atoms with Crippen LogP contribution in [-0.4, -0.2) is 17.0 Å². The topological polar surface area (TPSA) is 84.6 Å². The zero-order valence-electron chi connectivity index (χ0n) is 12.1. The maximum atomic E-state index is 12.1. The third-order valence-electron chi connectivity index (χ3n) is 3.21. The first-order valence-corrected chi connectivity index (χ1v) is 8.41. The highest BCUT2D eigenvalue weighted by atomic mass is 79.9. The molecule has 0 radical (unpaired) electrons. The van der Waals surface area contributed by atoms with Crippen LogP contribution in [-0.2, 0) is 0 Å². The lowest BCUT2D eigenvalue weighted by Gasteiger charge is -1.97. The van der Waals surface area contributed by atoms with Gasteiger partial charge in [0.15, 0.2) is 0 Å². The van der Waals surface area contributed by atoms with Crippen molar-refractivity contribution in [2.45, 2.75) is 0 Å². The molecule has 3 rings (SSSR count). The zero-order valence-corrected chi connectivity index (χ0v) is 14.5. The summed E-state index contributed by atoms with van der Waals surface area (Å²) in [6, 6.07) is 13.6. The number of amides is 1. The molecule has 1 aromatic heterocycles. The lowest BCUT2D eigenvalue weighted by molar-refractivity contribution is -0.384. The molecule has 2 aromatic carbocycles. The van der Waals surface area contributed by atoms with Crippen molar-refractivity contribution in [3.63, 3.8) is 0 Å². The van der Waals surface area contributed by atoms with Crippen molar-refractivity contribution < 1.29 is 9.72 Å². The molecule has 0 saturated heterocycles. The first-order valence-electron chi connectivity index (χ1n) is 6.80. The summed E-state index contributed by atoms with van der Waals surface area (Å²) in [5.41, 5.74) is 3.30. The van der Waals surface area contributed by atoms with Crippen molar-refractivity contribution in [1.82, 2.24) is 5.43 Å². The molecule has 3 aromatic rings. The van der Waals surface area contributed by atoms with Gasteiger partial charge in [-0.3, -0.25) is 14.9 Å². The molecule has 24 heavy (non-hydrogen) atoms. The van der Waals surface area contributed by atoms with E-state index in [9.17, 15) is 14.9 Å². The molecule has 0 saturated carbocycles. The van der Waals surface area contributed by atoms with Gasteiger partial charge in [0.25, 0.3) is 11.6 Å². The van der Waals surface area contributed by atoms with Crippen LogP contribution in [0.5, 0.6) is 0 Å². The number of fused-ring (bicyclic) bond motifs is 1. The number of thiophene rings is 1. The largest absolute Gasteiger partial charge is 0.281 e. The average molecular weight is 404 g/mol. The van der Waals surface area contributed by atoms with Gasteiger partial charge in [0.05, 0.1) is 16.0 Å². The van der Waals surface area contributed by atoms with Crippen molar-refractivity contribution in [2.75, 3.05) is 0 Å². The molecule has 0 aliphatic carbocycles. The molecule has 0 aliphatic heterocycles. The number of nitrogens with zero attached hydrogens (tertiary/aromatic N) is 2. The summed E-state index contributed by atoms with van der Waals surface area (Å²) >= 11 is 4.65. The molecule has 1 amide bonds. The highest BCUT2D eigenvalue weighted by Crippen LogP contribution is 2.28. The predicted molar refractivity (Wildman–Crippen MR) is 97.7 cm³/mol. The Labute approximate surface area is 149 Å². The van der Waals surface area contributed by atoms with Gasteiger partial charge in [0, 0.05) is 32.3 Å². The molecular weight excluding hydrogens is 394 g/mol. The number of nitro benzene ring substituents is 1. The molecule has 0 fully saturated rings. The molecule has 0 bridgehead atoms. The van der Waals surface area contributed by atoms with Crippen LogP contribution >= 0.6 is 27.3 Å². The molecule has 1 heterocycles. The number of hydrogen-bond acceptors (Lipinski definition) is 5. The first-order chi connectivity index (χ1) is 11.5. The first kappa shape index (κ1) is 16.3. The van der Waals surface area contributed by atoms with E-state index in [2.05, 4.69) is 26.5 Å². The number of non-ortho nitro benzene ring substituents is 1. The minimum atomic E-state index is -0.459. The van der Waals surface area contributed by atoms with E-state index in [1.807, 2.05) is 24.3 Å². The summed E-state index contributed by atoms with van der Waals surface area (Å²) < 4.78 is 1.68. The van der Waals surface area contributed by atoms with Crippen molar-refractivity contribution in [3.8, 4) is 0 Å². The van der Waals surface area contributed by atoms with E-state index < -0.39 is 4.92 Å². The standard InChI is InChI=1S/C16H10BrN3O3S/c17-13-4-2-1-3-10(13)9-18-19-16(21)15-8-11-7-12(20(22)23)5-6-14(11)24-15/h1-9H,(H,19,21). The number of halogens is 1. The minimum absolute atomic E-state index is 0.000734. The van der Waals surface area contributed by atoms with Gasteiger partial charge in [0.2, 0.25) is 0 Å². The summed E-state index contributed by atoms with van der Waals surface area (Å²) in [4.78, 5) is 22.9. The third kappa shape index (κ3) is 3.50. The second kappa shape index (κ2) is 6.90. The number of hydrazone groups is 1. The maximum absolute atomic E-state index is 12.1. The van der Waals surface area contributed by atoms with Crippen LogP contribution in [0, 0.1) is 10.1 Å². The number of rotatable bonds is 4. The normalized spacial score (nSPS) is 11.0. The summed E-state index contributed by atoms with van der Waals surface area (Å²) in [5, 5.41) is 15.4. The Balaban J connectivity index is 1.76. The van der Waals surface area contributed by atoms with Crippen LogP contribution < -0.4 is 5.43 Å². The van der Waals surface area contributed by atoms with Gasteiger partial charge in [-0.1, -0.05) is 34.1 Å².